The summed E-state index contributed by atoms with van der Waals surface area (Å²) in [4.78, 5) is 0. The van der Waals surface area contributed by atoms with Crippen molar-refractivity contribution in [1.29, 1.82) is 0 Å². The molecule has 1 aliphatic rings. The lowest BCUT2D eigenvalue weighted by Crippen LogP contribution is -2.28. The lowest BCUT2D eigenvalue weighted by Gasteiger charge is -2.31. The van der Waals surface area contributed by atoms with E-state index < -0.39 is 0 Å². The van der Waals surface area contributed by atoms with E-state index in [2.05, 4.69) is 28.0 Å². The Balaban J connectivity index is 1.96. The normalized spacial score (nSPS) is 25.5. The summed E-state index contributed by atoms with van der Waals surface area (Å²) in [5.74, 6) is 1.35. The summed E-state index contributed by atoms with van der Waals surface area (Å²) in [6, 6.07) is 0. The second-order valence-corrected chi connectivity index (χ2v) is 6.72. The summed E-state index contributed by atoms with van der Waals surface area (Å²) >= 11 is 3.58. The maximum atomic E-state index is 10.5. The second kappa shape index (κ2) is 6.40. The third-order valence-electron chi connectivity index (χ3n) is 4.68. The minimum absolute atomic E-state index is 0.232. The van der Waals surface area contributed by atoms with Crippen LogP contribution in [0.5, 0.6) is 0 Å². The van der Waals surface area contributed by atoms with Crippen LogP contribution in [0.1, 0.15) is 50.4 Å². The van der Waals surface area contributed by atoms with E-state index in [1.807, 2.05) is 18.7 Å². The molecule has 108 valence electrons. The van der Waals surface area contributed by atoms with Gasteiger partial charge in [0.1, 0.15) is 0 Å². The highest BCUT2D eigenvalue weighted by atomic mass is 79.9. The SMILES string of the molecule is CCC1CCC(C(O)Cc2c(Br)c(C)nn2C)CC1. The number of aliphatic hydroxyl groups is 1. The highest BCUT2D eigenvalue weighted by Crippen LogP contribution is 2.34. The fraction of sp³-hybridized carbons (Fsp3) is 0.800. The number of nitrogens with zero attached hydrogens (tertiary/aromatic N) is 2. The van der Waals surface area contributed by atoms with E-state index in [0.29, 0.717) is 12.3 Å². The fourth-order valence-corrected chi connectivity index (χ4v) is 3.75. The first kappa shape index (κ1) is 15.0. The molecule has 4 heteroatoms. The van der Waals surface area contributed by atoms with Crippen LogP contribution >= 0.6 is 15.9 Å². The van der Waals surface area contributed by atoms with Gasteiger partial charge in [-0.2, -0.15) is 5.10 Å². The number of rotatable bonds is 4. The molecule has 0 spiro atoms. The molecule has 19 heavy (non-hydrogen) atoms. The Kier molecular flexibility index (Phi) is 5.07. The van der Waals surface area contributed by atoms with Crippen LogP contribution in [-0.4, -0.2) is 21.0 Å². The van der Waals surface area contributed by atoms with E-state index in [9.17, 15) is 5.11 Å². The molecule has 1 saturated carbocycles. The minimum atomic E-state index is -0.232. The van der Waals surface area contributed by atoms with Crippen LogP contribution in [0, 0.1) is 18.8 Å². The van der Waals surface area contributed by atoms with Gasteiger partial charge in [0.05, 0.1) is 22.0 Å². The van der Waals surface area contributed by atoms with Gasteiger partial charge in [-0.15, -0.1) is 0 Å². The first-order valence-electron chi connectivity index (χ1n) is 7.39. The molecule has 1 aromatic rings. The number of hydrogen-bond acceptors (Lipinski definition) is 2. The van der Waals surface area contributed by atoms with E-state index in [4.69, 9.17) is 0 Å². The predicted octanol–water partition coefficient (Wildman–Crippen LogP) is 3.61. The van der Waals surface area contributed by atoms with Gasteiger partial charge in [-0.05, 0) is 47.5 Å². The lowest BCUT2D eigenvalue weighted by atomic mass is 9.77. The molecule has 1 heterocycles. The number of halogens is 1. The standard InChI is InChI=1S/C15H25BrN2O/c1-4-11-5-7-12(8-6-11)14(19)9-13-15(16)10(2)17-18(13)3/h11-12,14,19H,4-9H2,1-3H3. The summed E-state index contributed by atoms with van der Waals surface area (Å²) in [5.41, 5.74) is 2.11. The Labute approximate surface area is 124 Å². The van der Waals surface area contributed by atoms with Crippen LogP contribution < -0.4 is 0 Å². The van der Waals surface area contributed by atoms with Crippen LogP contribution in [0.2, 0.25) is 0 Å². The van der Waals surface area contributed by atoms with Crippen molar-refractivity contribution >= 4 is 15.9 Å². The molecule has 0 amide bonds. The van der Waals surface area contributed by atoms with Crippen LogP contribution in [0.25, 0.3) is 0 Å². The molecule has 1 fully saturated rings. The molecular weight excluding hydrogens is 304 g/mol. The summed E-state index contributed by atoms with van der Waals surface area (Å²) in [6.07, 6.45) is 6.67. The topological polar surface area (TPSA) is 38.1 Å². The van der Waals surface area contributed by atoms with Gasteiger partial charge < -0.3 is 5.11 Å². The Morgan fingerprint density at radius 3 is 2.47 bits per heavy atom. The maximum Gasteiger partial charge on any atom is 0.0738 e. The zero-order valence-electron chi connectivity index (χ0n) is 12.2. The third kappa shape index (κ3) is 3.40. The van der Waals surface area contributed by atoms with E-state index >= 15 is 0 Å². The van der Waals surface area contributed by atoms with Crippen molar-refractivity contribution in [2.75, 3.05) is 0 Å². The molecule has 0 radical (unpaired) electrons. The highest BCUT2D eigenvalue weighted by molar-refractivity contribution is 9.10. The van der Waals surface area contributed by atoms with Crippen molar-refractivity contribution in [1.82, 2.24) is 9.78 Å². The lowest BCUT2D eigenvalue weighted by molar-refractivity contribution is 0.0719. The molecule has 3 nitrogen and oxygen atoms in total. The molecule has 0 aliphatic heterocycles. The fourth-order valence-electron chi connectivity index (χ4n) is 3.25. The van der Waals surface area contributed by atoms with Crippen molar-refractivity contribution in [3.8, 4) is 0 Å². The molecule has 2 rings (SSSR count). The van der Waals surface area contributed by atoms with Gasteiger partial charge in [-0.3, -0.25) is 4.68 Å². The molecule has 0 aromatic carbocycles. The number of aryl methyl sites for hydroxylation is 2. The molecule has 1 aromatic heterocycles. The molecule has 1 N–H and O–H groups in total. The molecule has 1 atom stereocenters. The maximum absolute atomic E-state index is 10.5. The van der Waals surface area contributed by atoms with Crippen molar-refractivity contribution < 1.29 is 5.11 Å². The molecule has 1 unspecified atom stereocenters. The van der Waals surface area contributed by atoms with E-state index in [1.54, 1.807) is 0 Å². The van der Waals surface area contributed by atoms with Crippen molar-refractivity contribution in [2.24, 2.45) is 18.9 Å². The average Bonchev–Trinajstić information content (AvgIpc) is 2.65. The summed E-state index contributed by atoms with van der Waals surface area (Å²) < 4.78 is 2.94. The monoisotopic (exact) mass is 328 g/mol. The first-order chi connectivity index (χ1) is 9.02. The van der Waals surface area contributed by atoms with Crippen LogP contribution in [0.3, 0.4) is 0 Å². The van der Waals surface area contributed by atoms with E-state index in [0.717, 1.165) is 21.8 Å². The van der Waals surface area contributed by atoms with Gasteiger partial charge in [0.2, 0.25) is 0 Å². The Morgan fingerprint density at radius 1 is 1.37 bits per heavy atom. The quantitative estimate of drug-likeness (QED) is 0.916. The van der Waals surface area contributed by atoms with Gasteiger partial charge >= 0.3 is 0 Å². The molecule has 1 aliphatic carbocycles. The van der Waals surface area contributed by atoms with Crippen molar-refractivity contribution in [3.63, 3.8) is 0 Å². The Bertz CT molecular complexity index is 422. The highest BCUT2D eigenvalue weighted by Gasteiger charge is 2.27. The Hall–Kier alpha value is -0.350. The zero-order chi connectivity index (χ0) is 14.0. The summed E-state index contributed by atoms with van der Waals surface area (Å²) in [5, 5.41) is 14.9. The Morgan fingerprint density at radius 2 is 2.00 bits per heavy atom. The van der Waals surface area contributed by atoms with Crippen LogP contribution in [0.15, 0.2) is 4.47 Å². The molecule has 0 bridgehead atoms. The van der Waals surface area contributed by atoms with Crippen LogP contribution in [-0.2, 0) is 13.5 Å². The third-order valence-corrected chi connectivity index (χ3v) is 5.71. The van der Waals surface area contributed by atoms with Crippen LogP contribution in [0.4, 0.5) is 0 Å². The van der Waals surface area contributed by atoms with Gasteiger partial charge in [-0.25, -0.2) is 0 Å². The van der Waals surface area contributed by atoms with Gasteiger partial charge in [0.25, 0.3) is 0 Å². The summed E-state index contributed by atoms with van der Waals surface area (Å²) in [7, 11) is 1.95. The number of hydrogen-bond donors (Lipinski definition) is 1. The first-order valence-corrected chi connectivity index (χ1v) is 8.18. The second-order valence-electron chi connectivity index (χ2n) is 5.93. The minimum Gasteiger partial charge on any atom is -0.392 e. The predicted molar refractivity (Wildman–Crippen MR) is 81.1 cm³/mol. The average molecular weight is 329 g/mol. The summed E-state index contributed by atoms with van der Waals surface area (Å²) in [6.45, 7) is 4.27. The van der Waals surface area contributed by atoms with Crippen molar-refractivity contribution in [3.05, 3.63) is 15.9 Å². The van der Waals surface area contributed by atoms with Gasteiger partial charge in [0, 0.05) is 13.5 Å². The van der Waals surface area contributed by atoms with E-state index in [-0.39, 0.29) is 6.10 Å². The zero-order valence-corrected chi connectivity index (χ0v) is 13.8. The largest absolute Gasteiger partial charge is 0.392 e. The molecule has 0 saturated heterocycles. The van der Waals surface area contributed by atoms with Gasteiger partial charge in [-0.1, -0.05) is 26.2 Å². The van der Waals surface area contributed by atoms with E-state index in [1.165, 1.54) is 32.1 Å². The number of aromatic nitrogens is 2. The number of aliphatic hydroxyl groups excluding tert-OH is 1. The molecular formula is C15H25BrN2O. The van der Waals surface area contributed by atoms with Crippen molar-refractivity contribution in [2.45, 2.75) is 58.5 Å². The van der Waals surface area contributed by atoms with Gasteiger partial charge in [0.15, 0.2) is 0 Å². The smallest absolute Gasteiger partial charge is 0.0738 e.